The van der Waals surface area contributed by atoms with Gasteiger partial charge in [0.05, 0.1) is 0 Å². The van der Waals surface area contributed by atoms with Crippen LogP contribution >= 0.6 is 0 Å². The highest BCUT2D eigenvalue weighted by Crippen LogP contribution is 2.36. The largest absolute Gasteiger partial charge is 0.315 e. The van der Waals surface area contributed by atoms with Gasteiger partial charge in [0.1, 0.15) is 0 Å². The molecular formula is C20H23NO. The maximum absolute atomic E-state index is 12.9. The number of carbonyl (C=O) groups excluding carboxylic acids is 1. The van der Waals surface area contributed by atoms with Crippen molar-refractivity contribution in [3.05, 3.63) is 66.2 Å². The Hall–Kier alpha value is -2.09. The SMILES string of the molecule is CN(C(=O)[C@@H]1CCC[C@H]1Cc1ccccc1)c1ccccc1. The zero-order valence-electron chi connectivity index (χ0n) is 13.1. The van der Waals surface area contributed by atoms with Crippen molar-refractivity contribution in [1.82, 2.24) is 0 Å². The van der Waals surface area contributed by atoms with E-state index < -0.39 is 0 Å². The molecule has 22 heavy (non-hydrogen) atoms. The van der Waals surface area contributed by atoms with Crippen LogP contribution in [-0.2, 0) is 11.2 Å². The molecule has 1 saturated carbocycles. The maximum atomic E-state index is 12.9. The van der Waals surface area contributed by atoms with E-state index in [0.717, 1.165) is 31.4 Å². The Balaban J connectivity index is 1.71. The summed E-state index contributed by atoms with van der Waals surface area (Å²) in [4.78, 5) is 14.7. The Bertz CT molecular complexity index is 608. The fourth-order valence-corrected chi connectivity index (χ4v) is 3.55. The Morgan fingerprint density at radius 2 is 1.64 bits per heavy atom. The molecule has 2 heteroatoms. The first-order valence-electron chi connectivity index (χ1n) is 8.12. The lowest BCUT2D eigenvalue weighted by Gasteiger charge is -2.25. The lowest BCUT2D eigenvalue weighted by molar-refractivity contribution is -0.123. The molecule has 0 radical (unpaired) electrons. The second-order valence-corrected chi connectivity index (χ2v) is 6.22. The first-order valence-corrected chi connectivity index (χ1v) is 8.12. The Labute approximate surface area is 132 Å². The Kier molecular flexibility index (Phi) is 4.57. The molecule has 0 aliphatic heterocycles. The highest BCUT2D eigenvalue weighted by molar-refractivity contribution is 5.94. The van der Waals surface area contributed by atoms with Gasteiger partial charge in [-0.15, -0.1) is 0 Å². The number of hydrogen-bond acceptors (Lipinski definition) is 1. The van der Waals surface area contributed by atoms with Gasteiger partial charge in [-0.1, -0.05) is 55.0 Å². The van der Waals surface area contributed by atoms with Crippen LogP contribution in [0.5, 0.6) is 0 Å². The molecule has 2 nitrogen and oxygen atoms in total. The molecule has 0 aromatic heterocycles. The van der Waals surface area contributed by atoms with Gasteiger partial charge in [0.15, 0.2) is 0 Å². The van der Waals surface area contributed by atoms with Gasteiger partial charge in [-0.25, -0.2) is 0 Å². The van der Waals surface area contributed by atoms with Gasteiger partial charge in [-0.05, 0) is 42.9 Å². The van der Waals surface area contributed by atoms with Crippen molar-refractivity contribution >= 4 is 11.6 Å². The average Bonchev–Trinajstić information content (AvgIpc) is 3.03. The van der Waals surface area contributed by atoms with Crippen LogP contribution < -0.4 is 4.90 Å². The first kappa shape index (κ1) is 14.8. The van der Waals surface area contributed by atoms with Crippen LogP contribution in [0.4, 0.5) is 5.69 Å². The van der Waals surface area contributed by atoms with Gasteiger partial charge in [0, 0.05) is 18.7 Å². The molecule has 0 unspecified atom stereocenters. The molecule has 2 aromatic carbocycles. The molecule has 1 fully saturated rings. The zero-order chi connectivity index (χ0) is 15.4. The molecular weight excluding hydrogens is 270 g/mol. The van der Waals surface area contributed by atoms with Gasteiger partial charge >= 0.3 is 0 Å². The van der Waals surface area contributed by atoms with Crippen LogP contribution in [0.25, 0.3) is 0 Å². The van der Waals surface area contributed by atoms with E-state index in [4.69, 9.17) is 0 Å². The quantitative estimate of drug-likeness (QED) is 0.822. The predicted octanol–water partition coefficient (Wildman–Crippen LogP) is 4.31. The predicted molar refractivity (Wildman–Crippen MR) is 90.8 cm³/mol. The van der Waals surface area contributed by atoms with Crippen LogP contribution in [0.15, 0.2) is 60.7 Å². The van der Waals surface area contributed by atoms with Crippen molar-refractivity contribution in [1.29, 1.82) is 0 Å². The van der Waals surface area contributed by atoms with Gasteiger partial charge < -0.3 is 4.90 Å². The monoisotopic (exact) mass is 293 g/mol. The van der Waals surface area contributed by atoms with E-state index in [0.29, 0.717) is 5.92 Å². The van der Waals surface area contributed by atoms with Gasteiger partial charge in [-0.3, -0.25) is 4.79 Å². The molecule has 2 aromatic rings. The number of hydrogen-bond donors (Lipinski definition) is 0. The van der Waals surface area contributed by atoms with Crippen LogP contribution in [0.3, 0.4) is 0 Å². The van der Waals surface area contributed by atoms with Crippen LogP contribution in [0.1, 0.15) is 24.8 Å². The molecule has 2 atom stereocenters. The number of rotatable bonds is 4. The van der Waals surface area contributed by atoms with Crippen molar-refractivity contribution in [3.8, 4) is 0 Å². The minimum atomic E-state index is 0.158. The van der Waals surface area contributed by atoms with Crippen molar-refractivity contribution in [3.63, 3.8) is 0 Å². The number of nitrogens with zero attached hydrogens (tertiary/aromatic N) is 1. The van der Waals surface area contributed by atoms with E-state index >= 15 is 0 Å². The molecule has 0 spiro atoms. The summed E-state index contributed by atoms with van der Waals surface area (Å²) in [5.41, 5.74) is 2.33. The lowest BCUT2D eigenvalue weighted by Crippen LogP contribution is -2.35. The zero-order valence-corrected chi connectivity index (χ0v) is 13.1. The number of amides is 1. The summed E-state index contributed by atoms with van der Waals surface area (Å²) in [7, 11) is 1.90. The number of benzene rings is 2. The minimum absolute atomic E-state index is 0.158. The number of anilines is 1. The lowest BCUT2D eigenvalue weighted by atomic mass is 9.88. The number of para-hydroxylation sites is 1. The summed E-state index contributed by atoms with van der Waals surface area (Å²) in [5, 5.41) is 0. The molecule has 0 heterocycles. The Morgan fingerprint density at radius 3 is 2.32 bits per heavy atom. The average molecular weight is 293 g/mol. The molecule has 1 aliphatic rings. The highest BCUT2D eigenvalue weighted by Gasteiger charge is 2.34. The molecule has 1 aliphatic carbocycles. The first-order chi connectivity index (χ1) is 10.8. The van der Waals surface area contributed by atoms with Crippen molar-refractivity contribution < 1.29 is 4.79 Å². The molecule has 0 N–H and O–H groups in total. The van der Waals surface area contributed by atoms with E-state index in [1.165, 1.54) is 5.56 Å². The van der Waals surface area contributed by atoms with Crippen LogP contribution in [0, 0.1) is 11.8 Å². The molecule has 114 valence electrons. The number of carbonyl (C=O) groups is 1. The molecule has 0 bridgehead atoms. The standard InChI is InChI=1S/C20H23NO/c1-21(18-12-6-3-7-13-18)20(22)19-14-8-11-17(19)15-16-9-4-2-5-10-16/h2-7,9-10,12-13,17,19H,8,11,14-15H2,1H3/t17-,19+/m0/s1. The van der Waals surface area contributed by atoms with Gasteiger partial charge in [0.25, 0.3) is 0 Å². The van der Waals surface area contributed by atoms with Crippen molar-refractivity contribution in [2.75, 3.05) is 11.9 Å². The minimum Gasteiger partial charge on any atom is -0.315 e. The van der Waals surface area contributed by atoms with Gasteiger partial charge in [-0.2, -0.15) is 0 Å². The smallest absolute Gasteiger partial charge is 0.230 e. The summed E-state index contributed by atoms with van der Waals surface area (Å²) in [5.74, 6) is 0.899. The van der Waals surface area contributed by atoms with E-state index in [2.05, 4.69) is 24.3 Å². The second-order valence-electron chi connectivity index (χ2n) is 6.22. The fraction of sp³-hybridized carbons (Fsp3) is 0.350. The van der Waals surface area contributed by atoms with Crippen molar-refractivity contribution in [2.45, 2.75) is 25.7 Å². The van der Waals surface area contributed by atoms with Crippen molar-refractivity contribution in [2.24, 2.45) is 11.8 Å². The summed E-state index contributed by atoms with van der Waals surface area (Å²) in [6.45, 7) is 0. The van der Waals surface area contributed by atoms with Gasteiger partial charge in [0.2, 0.25) is 5.91 Å². The van der Waals surface area contributed by atoms with E-state index in [1.54, 1.807) is 0 Å². The van der Waals surface area contributed by atoms with E-state index in [1.807, 2.05) is 48.3 Å². The maximum Gasteiger partial charge on any atom is 0.230 e. The Morgan fingerprint density at radius 1 is 1.00 bits per heavy atom. The van der Waals surface area contributed by atoms with E-state index in [9.17, 15) is 4.79 Å². The topological polar surface area (TPSA) is 20.3 Å². The summed E-state index contributed by atoms with van der Waals surface area (Å²) in [6, 6.07) is 20.5. The summed E-state index contributed by atoms with van der Waals surface area (Å²) >= 11 is 0. The normalized spacial score (nSPS) is 20.8. The molecule has 3 rings (SSSR count). The van der Waals surface area contributed by atoms with Crippen LogP contribution in [0.2, 0.25) is 0 Å². The second kappa shape index (κ2) is 6.78. The molecule has 0 saturated heterocycles. The third-order valence-corrected chi connectivity index (χ3v) is 4.79. The summed E-state index contributed by atoms with van der Waals surface area (Å²) in [6.07, 6.45) is 4.36. The third kappa shape index (κ3) is 3.22. The molecule has 1 amide bonds. The third-order valence-electron chi connectivity index (χ3n) is 4.79. The highest BCUT2D eigenvalue weighted by atomic mass is 16.2. The fourth-order valence-electron chi connectivity index (χ4n) is 3.55. The van der Waals surface area contributed by atoms with Crippen LogP contribution in [-0.4, -0.2) is 13.0 Å². The van der Waals surface area contributed by atoms with E-state index in [-0.39, 0.29) is 11.8 Å². The summed E-state index contributed by atoms with van der Waals surface area (Å²) < 4.78 is 0.